The maximum atomic E-state index is 3.65. The first-order chi connectivity index (χ1) is 10.7. The molecule has 4 rings (SSSR count). The molecular formula is C18H24N2S2. The second-order valence-corrected chi connectivity index (χ2v) is 8.51. The van der Waals surface area contributed by atoms with Crippen molar-refractivity contribution in [3.63, 3.8) is 0 Å². The first kappa shape index (κ1) is 15.0. The summed E-state index contributed by atoms with van der Waals surface area (Å²) in [4.78, 5) is 6.28. The third kappa shape index (κ3) is 2.22. The number of likely N-dealkylation sites (N-methyl/N-ethyl adjacent to an activating group) is 1. The summed E-state index contributed by atoms with van der Waals surface area (Å²) >= 11 is 3.86. The van der Waals surface area contributed by atoms with E-state index >= 15 is 0 Å². The maximum Gasteiger partial charge on any atom is 0.0763 e. The third-order valence-electron chi connectivity index (χ3n) is 5.50. The lowest BCUT2D eigenvalue weighted by atomic mass is 9.73. The Bertz CT molecular complexity index is 694. The number of thioether (sulfide) groups is 2. The molecule has 3 atom stereocenters. The molecule has 1 saturated heterocycles. The van der Waals surface area contributed by atoms with Gasteiger partial charge in [0.1, 0.15) is 0 Å². The van der Waals surface area contributed by atoms with Crippen molar-refractivity contribution in [1.29, 1.82) is 0 Å². The Hall–Kier alpha value is -0.580. The van der Waals surface area contributed by atoms with Crippen LogP contribution in [0.4, 0.5) is 0 Å². The minimum Gasteiger partial charge on any atom is -0.349 e. The molecule has 1 N–H and O–H groups in total. The number of piperidine rings is 1. The SMILES string of the molecule is CSCC1C[C@@H]2c3cccc4[nH]c(SC)c(c34)C[C@H]2N(C)C1. The molecule has 1 aromatic heterocycles. The predicted molar refractivity (Wildman–Crippen MR) is 99.4 cm³/mol. The highest BCUT2D eigenvalue weighted by molar-refractivity contribution is 7.98. The lowest BCUT2D eigenvalue weighted by molar-refractivity contribution is 0.121. The number of hydrogen-bond acceptors (Lipinski definition) is 3. The molecule has 2 aliphatic rings. The molecule has 0 bridgehead atoms. The Morgan fingerprint density at radius 3 is 2.95 bits per heavy atom. The van der Waals surface area contributed by atoms with Crippen LogP contribution in [0.5, 0.6) is 0 Å². The van der Waals surface area contributed by atoms with Crippen LogP contribution in [0.2, 0.25) is 0 Å². The zero-order chi connectivity index (χ0) is 15.3. The smallest absolute Gasteiger partial charge is 0.0763 e. The van der Waals surface area contributed by atoms with Crippen LogP contribution in [0.1, 0.15) is 23.5 Å². The van der Waals surface area contributed by atoms with Gasteiger partial charge in [-0.2, -0.15) is 11.8 Å². The number of nitrogens with zero attached hydrogens (tertiary/aromatic N) is 1. The summed E-state index contributed by atoms with van der Waals surface area (Å²) in [7, 11) is 2.33. The fourth-order valence-corrected chi connectivity index (χ4v) is 6.00. The fraction of sp³-hybridized carbons (Fsp3) is 0.556. The van der Waals surface area contributed by atoms with Gasteiger partial charge in [-0.15, -0.1) is 11.8 Å². The van der Waals surface area contributed by atoms with Crippen LogP contribution < -0.4 is 0 Å². The molecule has 22 heavy (non-hydrogen) atoms. The summed E-state index contributed by atoms with van der Waals surface area (Å²) in [6.07, 6.45) is 6.99. The van der Waals surface area contributed by atoms with E-state index < -0.39 is 0 Å². The van der Waals surface area contributed by atoms with E-state index in [4.69, 9.17) is 0 Å². The van der Waals surface area contributed by atoms with E-state index in [0.717, 1.165) is 5.92 Å². The van der Waals surface area contributed by atoms with Gasteiger partial charge in [-0.05, 0) is 61.3 Å². The fourth-order valence-electron chi connectivity index (χ4n) is 4.64. The summed E-state index contributed by atoms with van der Waals surface area (Å²) in [6.45, 7) is 1.26. The van der Waals surface area contributed by atoms with Crippen LogP contribution in [-0.4, -0.2) is 47.8 Å². The van der Waals surface area contributed by atoms with Gasteiger partial charge in [-0.1, -0.05) is 12.1 Å². The molecule has 1 unspecified atom stereocenters. The molecule has 2 aromatic rings. The molecule has 0 saturated carbocycles. The molecule has 118 valence electrons. The number of likely N-dealkylation sites (tertiary alicyclic amines) is 1. The van der Waals surface area contributed by atoms with Crippen LogP contribution in [0.25, 0.3) is 10.9 Å². The topological polar surface area (TPSA) is 19.0 Å². The molecule has 2 nitrogen and oxygen atoms in total. The lowest BCUT2D eigenvalue weighted by Crippen LogP contribution is -2.48. The Morgan fingerprint density at radius 2 is 2.18 bits per heavy atom. The van der Waals surface area contributed by atoms with Crippen LogP contribution in [0.15, 0.2) is 23.2 Å². The molecular weight excluding hydrogens is 308 g/mol. The van der Waals surface area contributed by atoms with Crippen LogP contribution in [0, 0.1) is 5.92 Å². The quantitative estimate of drug-likeness (QED) is 0.850. The van der Waals surface area contributed by atoms with E-state index in [1.807, 2.05) is 23.5 Å². The zero-order valence-corrected chi connectivity index (χ0v) is 15.2. The van der Waals surface area contributed by atoms with E-state index in [1.54, 1.807) is 11.1 Å². The van der Waals surface area contributed by atoms with Gasteiger partial charge in [0.2, 0.25) is 0 Å². The van der Waals surface area contributed by atoms with Crippen molar-refractivity contribution in [3.8, 4) is 0 Å². The average Bonchev–Trinajstić information content (AvgIpc) is 2.88. The minimum absolute atomic E-state index is 0.679. The monoisotopic (exact) mass is 332 g/mol. The molecule has 1 aliphatic carbocycles. The van der Waals surface area contributed by atoms with Gasteiger partial charge < -0.3 is 9.88 Å². The zero-order valence-electron chi connectivity index (χ0n) is 13.6. The second-order valence-electron chi connectivity index (χ2n) is 6.78. The van der Waals surface area contributed by atoms with E-state index in [0.29, 0.717) is 12.0 Å². The third-order valence-corrected chi connectivity index (χ3v) is 7.07. The normalized spacial score (nSPS) is 28.0. The number of nitrogens with one attached hydrogen (secondary N) is 1. The second kappa shape index (κ2) is 5.81. The molecule has 0 radical (unpaired) electrons. The van der Waals surface area contributed by atoms with Crippen molar-refractivity contribution in [2.75, 3.05) is 31.9 Å². The van der Waals surface area contributed by atoms with Crippen molar-refractivity contribution in [2.45, 2.75) is 29.8 Å². The number of rotatable bonds is 3. The summed E-state index contributed by atoms with van der Waals surface area (Å²) in [5.74, 6) is 2.83. The van der Waals surface area contributed by atoms with Gasteiger partial charge in [-0.25, -0.2) is 0 Å². The highest BCUT2D eigenvalue weighted by Gasteiger charge is 2.39. The Balaban J connectivity index is 1.82. The maximum absolute atomic E-state index is 3.65. The van der Waals surface area contributed by atoms with Gasteiger partial charge in [0.05, 0.1) is 5.03 Å². The van der Waals surface area contributed by atoms with Crippen molar-refractivity contribution >= 4 is 34.4 Å². The minimum atomic E-state index is 0.679. The number of aromatic nitrogens is 1. The van der Waals surface area contributed by atoms with E-state index in [1.165, 1.54) is 41.1 Å². The van der Waals surface area contributed by atoms with Gasteiger partial charge in [0, 0.05) is 29.4 Å². The Labute approximate surface area is 141 Å². The first-order valence-electron chi connectivity index (χ1n) is 8.09. The van der Waals surface area contributed by atoms with E-state index in [2.05, 4.69) is 47.6 Å². The average molecular weight is 333 g/mol. The Morgan fingerprint density at radius 1 is 1.32 bits per heavy atom. The van der Waals surface area contributed by atoms with Crippen molar-refractivity contribution in [3.05, 3.63) is 29.3 Å². The number of benzene rings is 1. The largest absolute Gasteiger partial charge is 0.349 e. The van der Waals surface area contributed by atoms with Crippen LogP contribution in [-0.2, 0) is 6.42 Å². The highest BCUT2D eigenvalue weighted by Crippen LogP contribution is 2.46. The van der Waals surface area contributed by atoms with Crippen molar-refractivity contribution in [2.24, 2.45) is 5.92 Å². The summed E-state index contributed by atoms with van der Waals surface area (Å²) in [5.41, 5.74) is 4.50. The Kier molecular flexibility index (Phi) is 3.95. The summed E-state index contributed by atoms with van der Waals surface area (Å²) in [6, 6.07) is 7.55. The first-order valence-corrected chi connectivity index (χ1v) is 10.7. The molecule has 1 aliphatic heterocycles. The molecule has 1 aromatic carbocycles. The lowest BCUT2D eigenvalue weighted by Gasteiger charge is -2.45. The van der Waals surface area contributed by atoms with Crippen molar-refractivity contribution in [1.82, 2.24) is 9.88 Å². The van der Waals surface area contributed by atoms with Gasteiger partial charge in [0.25, 0.3) is 0 Å². The summed E-state index contributed by atoms with van der Waals surface area (Å²) in [5, 5.41) is 2.91. The van der Waals surface area contributed by atoms with Gasteiger partial charge >= 0.3 is 0 Å². The number of fused-ring (bicyclic) bond motifs is 2. The molecule has 0 spiro atoms. The predicted octanol–water partition coefficient (Wildman–Crippen LogP) is 4.21. The van der Waals surface area contributed by atoms with Gasteiger partial charge in [0.15, 0.2) is 0 Å². The number of H-pyrrole nitrogens is 1. The molecule has 4 heteroatoms. The van der Waals surface area contributed by atoms with Gasteiger partial charge in [-0.3, -0.25) is 0 Å². The van der Waals surface area contributed by atoms with Crippen molar-refractivity contribution < 1.29 is 0 Å². The van der Waals surface area contributed by atoms with E-state index in [-0.39, 0.29) is 0 Å². The highest BCUT2D eigenvalue weighted by atomic mass is 32.2. The number of aromatic amines is 1. The van der Waals surface area contributed by atoms with Crippen LogP contribution >= 0.6 is 23.5 Å². The van der Waals surface area contributed by atoms with Crippen LogP contribution in [0.3, 0.4) is 0 Å². The summed E-state index contributed by atoms with van der Waals surface area (Å²) < 4.78 is 0. The number of hydrogen-bond donors (Lipinski definition) is 1. The van der Waals surface area contributed by atoms with E-state index in [9.17, 15) is 0 Å². The standard InChI is InChI=1S/C18H24N2S2/c1-20-9-11(10-21-2)7-13-12-5-4-6-15-17(12)14(8-16(13)20)18(19-15)22-3/h4-6,11,13,16,19H,7-10H2,1-3H3/t11?,13-,16-/m1/s1. The molecule has 2 heterocycles. The molecule has 1 fully saturated rings. The molecule has 0 amide bonds.